The topological polar surface area (TPSA) is 88.7 Å². The number of hydrogen-bond donors (Lipinski definition) is 2. The molecule has 0 radical (unpaired) electrons. The zero-order valence-corrected chi connectivity index (χ0v) is 17.4. The summed E-state index contributed by atoms with van der Waals surface area (Å²) in [6, 6.07) is 11.3. The SMILES string of the molecule is Cc1ccc([C@]2(O)CCN(C(=O)c3cc4c5c(c(N)nc4cc3Cl)COC5)C2)cc1. The third kappa shape index (κ3) is 3.03. The molecule has 3 aromatic rings. The maximum atomic E-state index is 13.3. The van der Waals surface area contributed by atoms with E-state index in [1.807, 2.05) is 31.2 Å². The first-order chi connectivity index (χ1) is 14.4. The van der Waals surface area contributed by atoms with Crippen LogP contribution in [0.5, 0.6) is 0 Å². The van der Waals surface area contributed by atoms with E-state index in [0.29, 0.717) is 48.1 Å². The molecule has 2 aromatic carbocycles. The van der Waals surface area contributed by atoms with Crippen molar-refractivity contribution in [2.45, 2.75) is 32.2 Å². The van der Waals surface area contributed by atoms with E-state index < -0.39 is 5.60 Å². The van der Waals surface area contributed by atoms with Crippen LogP contribution in [0.15, 0.2) is 36.4 Å². The molecule has 1 atom stereocenters. The summed E-state index contributed by atoms with van der Waals surface area (Å²) in [6.45, 7) is 3.55. The lowest BCUT2D eigenvalue weighted by molar-refractivity contribution is 0.0417. The van der Waals surface area contributed by atoms with Gasteiger partial charge in [0.25, 0.3) is 5.91 Å². The lowest BCUT2D eigenvalue weighted by Gasteiger charge is -2.24. The highest BCUT2D eigenvalue weighted by Crippen LogP contribution is 2.36. The predicted octanol–water partition coefficient (Wildman–Crippen LogP) is 3.54. The number of benzene rings is 2. The average molecular weight is 424 g/mol. The molecule has 6 nitrogen and oxygen atoms in total. The van der Waals surface area contributed by atoms with Crippen LogP contribution in [0, 0.1) is 6.92 Å². The molecule has 1 aromatic heterocycles. The zero-order valence-electron chi connectivity index (χ0n) is 16.6. The van der Waals surface area contributed by atoms with Gasteiger partial charge in [-0.2, -0.15) is 0 Å². The monoisotopic (exact) mass is 423 g/mol. The van der Waals surface area contributed by atoms with Crippen molar-refractivity contribution in [3.63, 3.8) is 0 Å². The second-order valence-corrected chi connectivity index (χ2v) is 8.58. The Morgan fingerprint density at radius 3 is 2.73 bits per heavy atom. The number of halogens is 1. The van der Waals surface area contributed by atoms with E-state index in [-0.39, 0.29) is 12.5 Å². The van der Waals surface area contributed by atoms with Crippen LogP contribution in [0.25, 0.3) is 10.9 Å². The van der Waals surface area contributed by atoms with Crippen molar-refractivity contribution in [2.75, 3.05) is 18.8 Å². The van der Waals surface area contributed by atoms with E-state index in [2.05, 4.69) is 4.98 Å². The molecule has 0 saturated carbocycles. The zero-order chi connectivity index (χ0) is 21.0. The summed E-state index contributed by atoms with van der Waals surface area (Å²) in [6.07, 6.45) is 0.480. The number of pyridine rings is 1. The molecule has 30 heavy (non-hydrogen) atoms. The van der Waals surface area contributed by atoms with Gasteiger partial charge in [0.2, 0.25) is 0 Å². The van der Waals surface area contributed by atoms with Crippen molar-refractivity contribution in [2.24, 2.45) is 0 Å². The molecule has 3 N–H and O–H groups in total. The highest BCUT2D eigenvalue weighted by Gasteiger charge is 2.40. The standard InChI is InChI=1S/C23H22ClN3O3/c1-13-2-4-14(5-3-13)23(29)6-7-27(12-23)22(28)16-8-15-17-10-30-11-18(17)21(25)26-20(15)9-19(16)24/h2-5,8-9,29H,6-7,10-12H2,1H3,(H2,25,26)/t23-/m0/s1. The number of aromatic nitrogens is 1. The molecular formula is C23H22ClN3O3. The molecule has 0 unspecified atom stereocenters. The summed E-state index contributed by atoms with van der Waals surface area (Å²) in [5, 5.41) is 12.3. The molecule has 2 aliphatic heterocycles. The van der Waals surface area contributed by atoms with Gasteiger partial charge < -0.3 is 20.5 Å². The quantitative estimate of drug-likeness (QED) is 0.658. The van der Waals surface area contributed by atoms with E-state index in [1.165, 1.54) is 0 Å². The molecule has 0 bridgehead atoms. The summed E-state index contributed by atoms with van der Waals surface area (Å²) in [5.74, 6) is 0.238. The Morgan fingerprint density at radius 1 is 1.23 bits per heavy atom. The van der Waals surface area contributed by atoms with E-state index in [0.717, 1.165) is 27.6 Å². The Labute approximate surface area is 179 Å². The fourth-order valence-electron chi connectivity index (χ4n) is 4.39. The number of nitrogens with two attached hydrogens (primary N) is 1. The second kappa shape index (κ2) is 6.94. The van der Waals surface area contributed by atoms with Crippen molar-refractivity contribution in [1.82, 2.24) is 9.88 Å². The van der Waals surface area contributed by atoms with Crippen LogP contribution in [0.1, 0.15) is 39.0 Å². The maximum Gasteiger partial charge on any atom is 0.255 e. The number of fused-ring (bicyclic) bond motifs is 3. The Bertz CT molecular complexity index is 1180. The Morgan fingerprint density at radius 2 is 1.97 bits per heavy atom. The lowest BCUT2D eigenvalue weighted by Crippen LogP contribution is -2.34. The van der Waals surface area contributed by atoms with Gasteiger partial charge in [-0.3, -0.25) is 4.79 Å². The number of β-amino-alcohol motifs (C(OH)–C–C–N with tert-alkyl or cyclic N) is 1. The molecule has 0 aliphatic carbocycles. The maximum absolute atomic E-state index is 13.3. The van der Waals surface area contributed by atoms with Crippen LogP contribution in [0.2, 0.25) is 5.02 Å². The average Bonchev–Trinajstić information content (AvgIpc) is 3.36. The van der Waals surface area contributed by atoms with Crippen molar-refractivity contribution < 1.29 is 14.6 Å². The third-order valence-corrected chi connectivity index (χ3v) is 6.48. The first-order valence-electron chi connectivity index (χ1n) is 9.93. The van der Waals surface area contributed by atoms with E-state index in [9.17, 15) is 9.90 Å². The molecule has 7 heteroatoms. The Kier molecular flexibility index (Phi) is 4.47. The van der Waals surface area contributed by atoms with Gasteiger partial charge in [-0.05, 0) is 36.6 Å². The van der Waals surface area contributed by atoms with Gasteiger partial charge in [0.1, 0.15) is 11.4 Å². The number of rotatable bonds is 2. The third-order valence-electron chi connectivity index (χ3n) is 6.17. The molecule has 1 saturated heterocycles. The number of carbonyl (C=O) groups excluding carboxylic acids is 1. The molecule has 154 valence electrons. The number of likely N-dealkylation sites (tertiary alicyclic amines) is 1. The number of nitrogen functional groups attached to an aromatic ring is 1. The van der Waals surface area contributed by atoms with Gasteiger partial charge in [0, 0.05) is 17.5 Å². The van der Waals surface area contributed by atoms with Crippen molar-refractivity contribution in [3.8, 4) is 0 Å². The molecule has 1 fully saturated rings. The summed E-state index contributed by atoms with van der Waals surface area (Å²) < 4.78 is 5.54. The predicted molar refractivity (Wildman–Crippen MR) is 115 cm³/mol. The molecule has 5 rings (SSSR count). The molecule has 2 aliphatic rings. The van der Waals surface area contributed by atoms with Crippen LogP contribution in [-0.2, 0) is 23.6 Å². The number of aliphatic hydroxyl groups is 1. The van der Waals surface area contributed by atoms with Gasteiger partial charge in [-0.25, -0.2) is 4.98 Å². The summed E-state index contributed by atoms with van der Waals surface area (Å²) >= 11 is 6.46. The van der Waals surface area contributed by atoms with Crippen LogP contribution in [0.4, 0.5) is 5.82 Å². The van der Waals surface area contributed by atoms with Gasteiger partial charge >= 0.3 is 0 Å². The van der Waals surface area contributed by atoms with Gasteiger partial charge in [-0.1, -0.05) is 41.4 Å². The number of ether oxygens (including phenoxy) is 1. The number of hydrogen-bond acceptors (Lipinski definition) is 5. The number of carbonyl (C=O) groups is 1. The van der Waals surface area contributed by atoms with Gasteiger partial charge in [0.15, 0.2) is 0 Å². The molecular weight excluding hydrogens is 402 g/mol. The van der Waals surface area contributed by atoms with Crippen LogP contribution in [-0.4, -0.2) is 34.0 Å². The minimum atomic E-state index is -1.06. The fraction of sp³-hybridized carbons (Fsp3) is 0.304. The van der Waals surface area contributed by atoms with E-state index >= 15 is 0 Å². The van der Waals surface area contributed by atoms with Crippen LogP contribution in [0.3, 0.4) is 0 Å². The summed E-state index contributed by atoms with van der Waals surface area (Å²) in [4.78, 5) is 19.4. The number of nitrogens with zero attached hydrogens (tertiary/aromatic N) is 2. The van der Waals surface area contributed by atoms with E-state index in [4.69, 9.17) is 22.1 Å². The molecule has 3 heterocycles. The van der Waals surface area contributed by atoms with E-state index in [1.54, 1.807) is 17.0 Å². The minimum Gasteiger partial charge on any atom is -0.383 e. The first kappa shape index (κ1) is 19.3. The Hall–Kier alpha value is -2.67. The fourth-order valence-corrected chi connectivity index (χ4v) is 4.63. The number of aryl methyl sites for hydroxylation is 1. The minimum absolute atomic E-state index is 0.200. The lowest BCUT2D eigenvalue weighted by atomic mass is 9.92. The van der Waals surface area contributed by atoms with Crippen LogP contribution >= 0.6 is 11.6 Å². The van der Waals surface area contributed by atoms with Gasteiger partial charge in [-0.15, -0.1) is 0 Å². The highest BCUT2D eigenvalue weighted by molar-refractivity contribution is 6.34. The smallest absolute Gasteiger partial charge is 0.255 e. The summed E-state index contributed by atoms with van der Waals surface area (Å²) in [5.41, 5.74) is 9.82. The molecule has 0 spiro atoms. The molecule has 1 amide bonds. The van der Waals surface area contributed by atoms with Gasteiger partial charge in [0.05, 0.1) is 35.9 Å². The number of anilines is 1. The Balaban J connectivity index is 1.49. The highest BCUT2D eigenvalue weighted by atomic mass is 35.5. The normalized spacial score (nSPS) is 20.7. The first-order valence-corrected chi connectivity index (χ1v) is 10.3. The summed E-state index contributed by atoms with van der Waals surface area (Å²) in [7, 11) is 0. The number of amides is 1. The second-order valence-electron chi connectivity index (χ2n) is 8.17. The van der Waals surface area contributed by atoms with Crippen molar-refractivity contribution in [3.05, 3.63) is 69.2 Å². The van der Waals surface area contributed by atoms with Crippen molar-refractivity contribution >= 4 is 34.2 Å². The van der Waals surface area contributed by atoms with Crippen LogP contribution < -0.4 is 5.73 Å². The largest absolute Gasteiger partial charge is 0.383 e. The van der Waals surface area contributed by atoms with Crippen molar-refractivity contribution in [1.29, 1.82) is 0 Å².